The Morgan fingerprint density at radius 3 is 2.68 bits per heavy atom. The molecule has 0 radical (unpaired) electrons. The van der Waals surface area contributed by atoms with E-state index in [2.05, 4.69) is 0 Å². The molecule has 2 fully saturated rings. The van der Waals surface area contributed by atoms with E-state index < -0.39 is 29.0 Å². The van der Waals surface area contributed by atoms with E-state index >= 15 is 0 Å². The molecule has 22 heavy (non-hydrogen) atoms. The number of ether oxygens (including phenoxy) is 1. The van der Waals surface area contributed by atoms with Crippen LogP contribution in [0.4, 0.5) is 8.78 Å². The molecule has 3 atom stereocenters. The number of amides is 1. The third kappa shape index (κ3) is 2.05. The van der Waals surface area contributed by atoms with Gasteiger partial charge in [-0.05, 0) is 19.9 Å². The second-order valence-corrected chi connectivity index (χ2v) is 6.42. The molecule has 2 aliphatic rings. The Labute approximate surface area is 128 Å². The Hall–Kier alpha value is -1.53. The van der Waals surface area contributed by atoms with Crippen LogP contribution in [0.2, 0.25) is 0 Å². The van der Waals surface area contributed by atoms with Crippen molar-refractivity contribution in [2.75, 3.05) is 13.2 Å². The van der Waals surface area contributed by atoms with Crippen LogP contribution in [0.3, 0.4) is 0 Å². The summed E-state index contributed by atoms with van der Waals surface area (Å²) >= 11 is 0. The van der Waals surface area contributed by atoms with Crippen LogP contribution in [0.15, 0.2) is 24.3 Å². The molecule has 1 aromatic rings. The molecule has 6 heteroatoms. The van der Waals surface area contributed by atoms with E-state index in [0.29, 0.717) is 5.56 Å². The van der Waals surface area contributed by atoms with E-state index in [9.17, 15) is 13.6 Å². The largest absolute Gasteiger partial charge is 0.371 e. The smallest absolute Gasteiger partial charge is 0.243 e. The first kappa shape index (κ1) is 15.4. The maximum Gasteiger partial charge on any atom is 0.243 e. The van der Waals surface area contributed by atoms with Crippen molar-refractivity contribution in [1.82, 2.24) is 5.06 Å². The summed E-state index contributed by atoms with van der Waals surface area (Å²) in [6.45, 7) is 4.32. The minimum absolute atomic E-state index is 0.0101. The van der Waals surface area contributed by atoms with Crippen molar-refractivity contribution in [3.8, 4) is 0 Å². The van der Waals surface area contributed by atoms with E-state index in [4.69, 9.17) is 9.57 Å². The number of halogens is 2. The molecule has 1 aromatic carbocycles. The monoisotopic (exact) mass is 311 g/mol. The van der Waals surface area contributed by atoms with Crippen molar-refractivity contribution < 1.29 is 23.1 Å². The topological polar surface area (TPSA) is 38.8 Å². The number of rotatable bonds is 2. The second kappa shape index (κ2) is 4.99. The Bertz CT molecular complexity index is 601. The van der Waals surface area contributed by atoms with Gasteiger partial charge in [-0.2, -0.15) is 0 Å². The van der Waals surface area contributed by atoms with Crippen LogP contribution in [0.1, 0.15) is 26.3 Å². The molecule has 0 N–H and O–H groups in total. The Kier molecular flexibility index (Phi) is 3.49. The molecule has 2 aliphatic heterocycles. The SMILES string of the molecule is CC(=O)N1OC[C@@H]2C(C(C)(C)F)OC[C@@]21c1ccccc1F. The molecule has 2 saturated heterocycles. The maximum absolute atomic E-state index is 14.5. The molecule has 0 bridgehead atoms. The summed E-state index contributed by atoms with van der Waals surface area (Å²) < 4.78 is 34.5. The molecule has 0 aliphatic carbocycles. The molecule has 0 spiro atoms. The second-order valence-electron chi connectivity index (χ2n) is 6.42. The molecule has 1 unspecified atom stereocenters. The Balaban J connectivity index is 2.14. The lowest BCUT2D eigenvalue weighted by atomic mass is 9.75. The number of hydrogen-bond donors (Lipinski definition) is 0. The van der Waals surface area contributed by atoms with E-state index in [1.54, 1.807) is 18.2 Å². The highest BCUT2D eigenvalue weighted by Crippen LogP contribution is 2.52. The molecular weight excluding hydrogens is 292 g/mol. The van der Waals surface area contributed by atoms with E-state index in [1.165, 1.54) is 26.8 Å². The Morgan fingerprint density at radius 2 is 2.09 bits per heavy atom. The van der Waals surface area contributed by atoms with Gasteiger partial charge in [-0.1, -0.05) is 18.2 Å². The summed E-state index contributed by atoms with van der Waals surface area (Å²) in [7, 11) is 0. The molecule has 3 rings (SSSR count). The zero-order valence-corrected chi connectivity index (χ0v) is 12.8. The lowest BCUT2D eigenvalue weighted by Crippen LogP contribution is -2.49. The van der Waals surface area contributed by atoms with Crippen LogP contribution in [-0.4, -0.2) is 36.0 Å². The van der Waals surface area contributed by atoms with Crippen LogP contribution in [-0.2, 0) is 19.9 Å². The van der Waals surface area contributed by atoms with Crippen molar-refractivity contribution in [2.45, 2.75) is 38.1 Å². The predicted molar refractivity (Wildman–Crippen MR) is 75.0 cm³/mol. The number of benzene rings is 1. The van der Waals surface area contributed by atoms with Crippen LogP contribution in [0.5, 0.6) is 0 Å². The van der Waals surface area contributed by atoms with Crippen molar-refractivity contribution in [2.24, 2.45) is 5.92 Å². The van der Waals surface area contributed by atoms with Gasteiger partial charge in [0.2, 0.25) is 5.91 Å². The fraction of sp³-hybridized carbons (Fsp3) is 0.562. The van der Waals surface area contributed by atoms with Gasteiger partial charge in [-0.25, -0.2) is 13.8 Å². The van der Waals surface area contributed by atoms with E-state index in [-0.39, 0.29) is 19.1 Å². The van der Waals surface area contributed by atoms with Crippen LogP contribution < -0.4 is 0 Å². The third-order valence-corrected chi connectivity index (χ3v) is 4.51. The first-order valence-corrected chi connectivity index (χ1v) is 7.27. The number of hydrogen-bond acceptors (Lipinski definition) is 3. The molecular formula is C16H19F2NO3. The minimum atomic E-state index is -1.62. The number of carbonyl (C=O) groups is 1. The summed E-state index contributed by atoms with van der Waals surface area (Å²) in [5.41, 5.74) is -2.43. The molecule has 2 heterocycles. The average Bonchev–Trinajstić information content (AvgIpc) is 2.94. The first-order valence-electron chi connectivity index (χ1n) is 7.27. The number of alkyl halides is 1. The van der Waals surface area contributed by atoms with Crippen LogP contribution in [0, 0.1) is 11.7 Å². The van der Waals surface area contributed by atoms with E-state index in [0.717, 1.165) is 5.06 Å². The normalized spacial score (nSPS) is 31.4. The first-order chi connectivity index (χ1) is 10.3. The van der Waals surface area contributed by atoms with Crippen molar-refractivity contribution in [1.29, 1.82) is 0 Å². The zero-order chi connectivity index (χ0) is 16.1. The summed E-state index contributed by atoms with van der Waals surface area (Å²) in [5.74, 6) is -1.27. The average molecular weight is 311 g/mol. The third-order valence-electron chi connectivity index (χ3n) is 4.51. The summed E-state index contributed by atoms with van der Waals surface area (Å²) in [6, 6.07) is 6.19. The lowest BCUT2D eigenvalue weighted by Gasteiger charge is -2.35. The standard InChI is InChI=1S/C16H19F2NO3/c1-10(20)19-16(11-6-4-5-7-13(11)17)9-21-14(15(2,3)18)12(16)8-22-19/h4-7,12,14H,8-9H2,1-3H3/t12-,14?,16-/m1/s1. The van der Waals surface area contributed by atoms with Crippen molar-refractivity contribution in [3.63, 3.8) is 0 Å². The molecule has 120 valence electrons. The molecule has 0 saturated carbocycles. The van der Waals surface area contributed by atoms with Gasteiger partial charge in [-0.15, -0.1) is 0 Å². The fourth-order valence-electron chi connectivity index (χ4n) is 3.64. The number of nitrogens with zero attached hydrogens (tertiary/aromatic N) is 1. The van der Waals surface area contributed by atoms with Crippen LogP contribution in [0.25, 0.3) is 0 Å². The number of fused-ring (bicyclic) bond motifs is 1. The van der Waals surface area contributed by atoms with Crippen molar-refractivity contribution >= 4 is 5.91 Å². The van der Waals surface area contributed by atoms with Gasteiger partial charge < -0.3 is 4.74 Å². The minimum Gasteiger partial charge on any atom is -0.371 e. The van der Waals surface area contributed by atoms with Gasteiger partial charge in [0.25, 0.3) is 0 Å². The highest BCUT2D eigenvalue weighted by Gasteiger charge is 2.64. The highest BCUT2D eigenvalue weighted by atomic mass is 19.1. The van der Waals surface area contributed by atoms with Gasteiger partial charge in [-0.3, -0.25) is 9.63 Å². The van der Waals surface area contributed by atoms with Gasteiger partial charge in [0.15, 0.2) is 0 Å². The fourth-order valence-corrected chi connectivity index (χ4v) is 3.64. The van der Waals surface area contributed by atoms with Gasteiger partial charge in [0.05, 0.1) is 19.3 Å². The predicted octanol–water partition coefficient (Wildman–Crippen LogP) is 2.58. The summed E-state index contributed by atoms with van der Waals surface area (Å²) in [5, 5.41) is 1.15. The van der Waals surface area contributed by atoms with E-state index in [1.807, 2.05) is 0 Å². The molecule has 4 nitrogen and oxygen atoms in total. The highest BCUT2D eigenvalue weighted by molar-refractivity contribution is 5.74. The van der Waals surface area contributed by atoms with Gasteiger partial charge in [0.1, 0.15) is 17.0 Å². The number of hydroxylamine groups is 2. The zero-order valence-electron chi connectivity index (χ0n) is 12.8. The van der Waals surface area contributed by atoms with Gasteiger partial charge >= 0.3 is 0 Å². The van der Waals surface area contributed by atoms with Crippen molar-refractivity contribution in [3.05, 3.63) is 35.6 Å². The maximum atomic E-state index is 14.5. The summed E-state index contributed by atoms with van der Waals surface area (Å²) in [6.07, 6.45) is -0.767. The molecule has 1 amide bonds. The summed E-state index contributed by atoms with van der Waals surface area (Å²) in [4.78, 5) is 17.5. The number of carbonyl (C=O) groups excluding carboxylic acids is 1. The molecule has 0 aromatic heterocycles. The lowest BCUT2D eigenvalue weighted by molar-refractivity contribution is -0.194. The van der Waals surface area contributed by atoms with Crippen LogP contribution >= 0.6 is 0 Å². The van der Waals surface area contributed by atoms with Gasteiger partial charge in [0, 0.05) is 18.4 Å². The quantitative estimate of drug-likeness (QED) is 0.842. The Morgan fingerprint density at radius 1 is 1.41 bits per heavy atom.